The van der Waals surface area contributed by atoms with E-state index in [-0.39, 0.29) is 11.5 Å². The molecule has 1 atom stereocenters. The predicted molar refractivity (Wildman–Crippen MR) is 134 cm³/mol. The highest BCUT2D eigenvalue weighted by atomic mass is 32.1. The van der Waals surface area contributed by atoms with Crippen LogP contribution in [0.1, 0.15) is 47.6 Å². The van der Waals surface area contributed by atoms with Gasteiger partial charge in [-0.2, -0.15) is 0 Å². The standard InChI is InChI=1S/C26H27FN4O2S/c1-2-22(30(15-6-14-28)25(32)19-9-11-20(27)12-10-19)23-29-24-21(13-16-34-24)26(33)31(23)17-18-7-4-3-5-8-18/h3-5,7-13,16,22H,2,6,14-15,17,28H2,1H3. The average molecular weight is 479 g/mol. The molecule has 1 amide bonds. The molecule has 4 rings (SSSR count). The number of carbonyl (C=O) groups excluding carboxylic acids is 1. The summed E-state index contributed by atoms with van der Waals surface area (Å²) in [6, 6.07) is 16.6. The molecule has 1 unspecified atom stereocenters. The first-order valence-corrected chi connectivity index (χ1v) is 12.2. The number of amides is 1. The quantitative estimate of drug-likeness (QED) is 0.382. The summed E-state index contributed by atoms with van der Waals surface area (Å²) in [5.41, 5.74) is 7.00. The molecule has 2 aromatic heterocycles. The van der Waals surface area contributed by atoms with E-state index in [0.717, 1.165) is 5.56 Å². The minimum Gasteiger partial charge on any atom is -0.330 e. The van der Waals surface area contributed by atoms with Crippen LogP contribution in [0.2, 0.25) is 0 Å². The maximum Gasteiger partial charge on any atom is 0.262 e. The van der Waals surface area contributed by atoms with E-state index in [2.05, 4.69) is 0 Å². The molecule has 6 nitrogen and oxygen atoms in total. The Morgan fingerprint density at radius 1 is 1.15 bits per heavy atom. The third-order valence-electron chi connectivity index (χ3n) is 5.81. The van der Waals surface area contributed by atoms with E-state index in [0.29, 0.717) is 54.1 Å². The second kappa shape index (κ2) is 10.7. The van der Waals surface area contributed by atoms with E-state index >= 15 is 0 Å². The van der Waals surface area contributed by atoms with E-state index in [1.54, 1.807) is 15.5 Å². The van der Waals surface area contributed by atoms with E-state index in [9.17, 15) is 14.0 Å². The zero-order chi connectivity index (χ0) is 24.1. The van der Waals surface area contributed by atoms with Crippen LogP contribution in [-0.4, -0.2) is 33.4 Å². The van der Waals surface area contributed by atoms with Crippen LogP contribution in [-0.2, 0) is 6.54 Å². The second-order valence-electron chi connectivity index (χ2n) is 8.06. The molecule has 8 heteroatoms. The number of thiophene rings is 1. The van der Waals surface area contributed by atoms with Gasteiger partial charge in [0.2, 0.25) is 0 Å². The number of carbonyl (C=O) groups is 1. The van der Waals surface area contributed by atoms with E-state index in [1.165, 1.54) is 35.6 Å². The van der Waals surface area contributed by atoms with Crippen molar-refractivity contribution >= 4 is 27.5 Å². The van der Waals surface area contributed by atoms with Gasteiger partial charge in [-0.05, 0) is 60.7 Å². The van der Waals surface area contributed by atoms with Crippen LogP contribution in [0.25, 0.3) is 10.2 Å². The summed E-state index contributed by atoms with van der Waals surface area (Å²) in [6.45, 7) is 3.13. The first-order chi connectivity index (χ1) is 16.5. The Bertz CT molecular complexity index is 1320. The van der Waals surface area contributed by atoms with Crippen LogP contribution in [0.15, 0.2) is 70.8 Å². The maximum atomic E-state index is 13.6. The van der Waals surface area contributed by atoms with Crippen LogP contribution in [0, 0.1) is 5.82 Å². The van der Waals surface area contributed by atoms with Crippen molar-refractivity contribution in [3.05, 3.63) is 99.2 Å². The van der Waals surface area contributed by atoms with Gasteiger partial charge in [-0.3, -0.25) is 14.2 Å². The SMILES string of the molecule is CCC(c1nc2sccc2c(=O)n1Cc1ccccc1)N(CCCN)C(=O)c1ccc(F)cc1. The Hall–Kier alpha value is -3.36. The number of hydrogen-bond acceptors (Lipinski definition) is 5. The molecule has 2 N–H and O–H groups in total. The lowest BCUT2D eigenvalue weighted by Crippen LogP contribution is -2.40. The molecule has 0 spiro atoms. The van der Waals surface area contributed by atoms with E-state index < -0.39 is 11.9 Å². The van der Waals surface area contributed by atoms with Gasteiger partial charge in [0.05, 0.1) is 18.0 Å². The summed E-state index contributed by atoms with van der Waals surface area (Å²) < 4.78 is 15.1. The molecule has 0 saturated carbocycles. The zero-order valence-corrected chi connectivity index (χ0v) is 19.8. The number of nitrogens with zero attached hydrogens (tertiary/aromatic N) is 3. The summed E-state index contributed by atoms with van der Waals surface area (Å²) in [7, 11) is 0. The lowest BCUT2D eigenvalue weighted by atomic mass is 10.1. The monoisotopic (exact) mass is 478 g/mol. The molecular weight excluding hydrogens is 451 g/mol. The van der Waals surface area contributed by atoms with Crippen LogP contribution in [0.4, 0.5) is 4.39 Å². The van der Waals surface area contributed by atoms with Gasteiger partial charge in [-0.1, -0.05) is 37.3 Å². The number of fused-ring (bicyclic) bond motifs is 1. The molecule has 0 saturated heterocycles. The molecule has 0 aliphatic heterocycles. The molecule has 0 bridgehead atoms. The van der Waals surface area contributed by atoms with Crippen molar-refractivity contribution in [2.75, 3.05) is 13.1 Å². The van der Waals surface area contributed by atoms with Gasteiger partial charge in [0.1, 0.15) is 16.5 Å². The predicted octanol–water partition coefficient (Wildman–Crippen LogP) is 4.59. The Labute approximate surface area is 201 Å². The topological polar surface area (TPSA) is 81.2 Å². The van der Waals surface area contributed by atoms with Gasteiger partial charge in [0.25, 0.3) is 11.5 Å². The van der Waals surface area contributed by atoms with Crippen molar-refractivity contribution in [3.63, 3.8) is 0 Å². The molecule has 0 radical (unpaired) electrons. The number of hydrogen-bond donors (Lipinski definition) is 1. The number of benzene rings is 2. The fraction of sp³-hybridized carbons (Fsp3) is 0.269. The minimum absolute atomic E-state index is 0.128. The number of halogens is 1. The van der Waals surface area contributed by atoms with Gasteiger partial charge >= 0.3 is 0 Å². The van der Waals surface area contributed by atoms with Crippen LogP contribution < -0.4 is 11.3 Å². The molecule has 2 heterocycles. The Balaban J connectivity index is 1.84. The first kappa shape index (κ1) is 23.8. The lowest BCUT2D eigenvalue weighted by molar-refractivity contribution is 0.0656. The molecule has 2 aromatic carbocycles. The van der Waals surface area contributed by atoms with Crippen molar-refractivity contribution in [1.29, 1.82) is 0 Å². The zero-order valence-electron chi connectivity index (χ0n) is 19.0. The summed E-state index contributed by atoms with van der Waals surface area (Å²) >= 11 is 1.40. The molecule has 0 fully saturated rings. The molecule has 0 aliphatic rings. The van der Waals surface area contributed by atoms with Crippen molar-refractivity contribution < 1.29 is 9.18 Å². The lowest BCUT2D eigenvalue weighted by Gasteiger charge is -2.32. The van der Waals surface area contributed by atoms with Crippen molar-refractivity contribution in [2.24, 2.45) is 5.73 Å². The van der Waals surface area contributed by atoms with Crippen molar-refractivity contribution in [3.8, 4) is 0 Å². The van der Waals surface area contributed by atoms with Crippen LogP contribution in [0.5, 0.6) is 0 Å². The van der Waals surface area contributed by atoms with Crippen molar-refractivity contribution in [1.82, 2.24) is 14.5 Å². The van der Waals surface area contributed by atoms with Gasteiger partial charge in [-0.15, -0.1) is 11.3 Å². The Kier molecular flexibility index (Phi) is 7.49. The van der Waals surface area contributed by atoms with E-state index in [4.69, 9.17) is 10.7 Å². The van der Waals surface area contributed by atoms with E-state index in [1.807, 2.05) is 42.6 Å². The van der Waals surface area contributed by atoms with Crippen LogP contribution >= 0.6 is 11.3 Å². The molecule has 176 valence electrons. The van der Waals surface area contributed by atoms with Crippen molar-refractivity contribution in [2.45, 2.75) is 32.4 Å². The summed E-state index contributed by atoms with van der Waals surface area (Å²) in [6.07, 6.45) is 1.14. The largest absolute Gasteiger partial charge is 0.330 e. The molecule has 4 aromatic rings. The minimum atomic E-state index is -0.452. The highest BCUT2D eigenvalue weighted by Gasteiger charge is 2.29. The average Bonchev–Trinajstić information content (AvgIpc) is 3.33. The highest BCUT2D eigenvalue weighted by Crippen LogP contribution is 2.27. The maximum absolute atomic E-state index is 13.6. The third kappa shape index (κ3) is 4.93. The number of rotatable bonds is 9. The highest BCUT2D eigenvalue weighted by molar-refractivity contribution is 7.16. The third-order valence-corrected chi connectivity index (χ3v) is 6.62. The normalized spacial score (nSPS) is 12.1. The fourth-order valence-corrected chi connectivity index (χ4v) is 4.86. The van der Waals surface area contributed by atoms with Gasteiger partial charge < -0.3 is 10.6 Å². The van der Waals surface area contributed by atoms with Gasteiger partial charge in [0, 0.05) is 12.1 Å². The second-order valence-corrected chi connectivity index (χ2v) is 8.95. The molecule has 0 aliphatic carbocycles. The molecule has 34 heavy (non-hydrogen) atoms. The summed E-state index contributed by atoms with van der Waals surface area (Å²) in [5, 5.41) is 2.42. The number of nitrogens with two attached hydrogens (primary N) is 1. The van der Waals surface area contributed by atoms with Gasteiger partial charge in [-0.25, -0.2) is 9.37 Å². The fourth-order valence-electron chi connectivity index (χ4n) is 4.10. The Morgan fingerprint density at radius 2 is 1.88 bits per heavy atom. The summed E-state index contributed by atoms with van der Waals surface area (Å²) in [5.74, 6) is -0.107. The van der Waals surface area contributed by atoms with Gasteiger partial charge in [0.15, 0.2) is 0 Å². The number of aromatic nitrogens is 2. The first-order valence-electron chi connectivity index (χ1n) is 11.3. The van der Waals surface area contributed by atoms with Crippen LogP contribution in [0.3, 0.4) is 0 Å². The Morgan fingerprint density at radius 3 is 2.56 bits per heavy atom. The molecular formula is C26H27FN4O2S. The smallest absolute Gasteiger partial charge is 0.262 e. The summed E-state index contributed by atoms with van der Waals surface area (Å²) in [4.78, 5) is 34.3.